The van der Waals surface area contributed by atoms with Gasteiger partial charge in [-0.2, -0.15) is 0 Å². The van der Waals surface area contributed by atoms with E-state index in [-0.39, 0.29) is 5.91 Å². The van der Waals surface area contributed by atoms with Crippen molar-refractivity contribution < 1.29 is 4.79 Å². The largest absolute Gasteiger partial charge is 0.351 e. The highest BCUT2D eigenvalue weighted by Crippen LogP contribution is 2.14. The van der Waals surface area contributed by atoms with Crippen LogP contribution in [0.25, 0.3) is 0 Å². The number of rotatable bonds is 7. The summed E-state index contributed by atoms with van der Waals surface area (Å²) in [6, 6.07) is 2.65. The Kier molecular flexibility index (Phi) is 6.58. The summed E-state index contributed by atoms with van der Waals surface area (Å²) in [5.41, 5.74) is 4.40. The van der Waals surface area contributed by atoms with Gasteiger partial charge in [0, 0.05) is 37.1 Å². The molecule has 0 unspecified atom stereocenters. The average Bonchev–Trinajstić information content (AvgIpc) is 2.42. The van der Waals surface area contributed by atoms with Gasteiger partial charge in [0.25, 0.3) is 5.91 Å². The van der Waals surface area contributed by atoms with Crippen molar-refractivity contribution in [2.24, 2.45) is 5.84 Å². The van der Waals surface area contributed by atoms with Gasteiger partial charge in [0.1, 0.15) is 0 Å². The summed E-state index contributed by atoms with van der Waals surface area (Å²) in [7, 11) is 0. The molecule has 0 atom stereocenters. The Hall–Kier alpha value is -1.66. The smallest absolute Gasteiger partial charge is 0.255 e. The molecule has 4 N–H and O–H groups in total. The van der Waals surface area contributed by atoms with Crippen molar-refractivity contribution in [3.8, 4) is 0 Å². The van der Waals surface area contributed by atoms with Crippen molar-refractivity contribution in [1.29, 1.82) is 0 Å². The van der Waals surface area contributed by atoms with Gasteiger partial charge >= 0.3 is 0 Å². The van der Waals surface area contributed by atoms with E-state index < -0.39 is 0 Å². The zero-order valence-corrected chi connectivity index (χ0v) is 13.6. The molecule has 1 heterocycles. The minimum atomic E-state index is -0.164. The minimum Gasteiger partial charge on any atom is -0.351 e. The maximum atomic E-state index is 12.2. The molecule has 0 spiro atoms. The topological polar surface area (TPSA) is 83.3 Å². The van der Waals surface area contributed by atoms with Crippen LogP contribution in [-0.2, 0) is 0 Å². The maximum Gasteiger partial charge on any atom is 0.255 e. The van der Waals surface area contributed by atoms with Crippen molar-refractivity contribution in [2.45, 2.75) is 46.7 Å². The summed E-state index contributed by atoms with van der Waals surface area (Å²) < 4.78 is 0. The van der Waals surface area contributed by atoms with Crippen molar-refractivity contribution in [3.05, 3.63) is 23.5 Å². The Balaban J connectivity index is 2.62. The molecule has 0 aliphatic heterocycles. The number of carbonyl (C=O) groups excluding carboxylic acids is 1. The van der Waals surface area contributed by atoms with Gasteiger partial charge in [0.2, 0.25) is 0 Å². The molecule has 6 nitrogen and oxygen atoms in total. The monoisotopic (exact) mass is 293 g/mol. The number of carbonyl (C=O) groups is 1. The highest BCUT2D eigenvalue weighted by Gasteiger charge is 2.15. The van der Waals surface area contributed by atoms with E-state index in [1.54, 1.807) is 12.3 Å². The van der Waals surface area contributed by atoms with E-state index in [2.05, 4.69) is 48.3 Å². The molecule has 0 aliphatic carbocycles. The summed E-state index contributed by atoms with van der Waals surface area (Å²) in [5, 5.41) is 2.92. The molecule has 0 radical (unpaired) electrons. The van der Waals surface area contributed by atoms with Crippen LogP contribution in [0.4, 0.5) is 5.69 Å². The van der Waals surface area contributed by atoms with Gasteiger partial charge in [0.15, 0.2) is 0 Å². The molecule has 21 heavy (non-hydrogen) atoms. The second-order valence-corrected chi connectivity index (χ2v) is 5.70. The molecular weight excluding hydrogens is 266 g/mol. The van der Waals surface area contributed by atoms with E-state index in [1.165, 1.54) is 0 Å². The number of hydrogen-bond donors (Lipinski definition) is 3. The van der Waals surface area contributed by atoms with Gasteiger partial charge in [-0.3, -0.25) is 20.5 Å². The second kappa shape index (κ2) is 7.95. The number of aryl methyl sites for hydroxylation is 1. The standard InChI is InChI=1S/C15H27N5O/c1-10(2)20(11(3)4)7-6-17-15(21)13-9-18-12(5)8-14(13)19-16/h8-11H,6-7,16H2,1-5H3,(H,17,21)(H,18,19). The van der Waals surface area contributed by atoms with Gasteiger partial charge in [-0.15, -0.1) is 0 Å². The highest BCUT2D eigenvalue weighted by atomic mass is 16.1. The maximum absolute atomic E-state index is 12.2. The molecule has 0 aliphatic rings. The lowest BCUT2D eigenvalue weighted by Gasteiger charge is -2.30. The second-order valence-electron chi connectivity index (χ2n) is 5.70. The van der Waals surface area contributed by atoms with Crippen molar-refractivity contribution in [3.63, 3.8) is 0 Å². The minimum absolute atomic E-state index is 0.164. The van der Waals surface area contributed by atoms with Crippen molar-refractivity contribution in [2.75, 3.05) is 18.5 Å². The fourth-order valence-electron chi connectivity index (χ4n) is 2.37. The Morgan fingerprint density at radius 3 is 2.48 bits per heavy atom. The number of anilines is 1. The third kappa shape index (κ3) is 4.99. The van der Waals surface area contributed by atoms with Crippen LogP contribution >= 0.6 is 0 Å². The van der Waals surface area contributed by atoms with Crippen LogP contribution in [0.5, 0.6) is 0 Å². The first-order chi connectivity index (χ1) is 9.86. The molecule has 0 fully saturated rings. The molecule has 0 aromatic carbocycles. The van der Waals surface area contributed by atoms with Crippen LogP contribution in [0.1, 0.15) is 43.7 Å². The average molecular weight is 293 g/mol. The number of amides is 1. The van der Waals surface area contributed by atoms with E-state index in [4.69, 9.17) is 5.84 Å². The highest BCUT2D eigenvalue weighted by molar-refractivity contribution is 5.99. The van der Waals surface area contributed by atoms with Crippen LogP contribution in [0, 0.1) is 6.92 Å². The first kappa shape index (κ1) is 17.4. The molecule has 118 valence electrons. The Morgan fingerprint density at radius 1 is 1.33 bits per heavy atom. The van der Waals surface area contributed by atoms with E-state index in [0.717, 1.165) is 12.2 Å². The van der Waals surface area contributed by atoms with Gasteiger partial charge in [-0.25, -0.2) is 0 Å². The van der Waals surface area contributed by atoms with Gasteiger partial charge in [-0.1, -0.05) is 0 Å². The number of hydrogen-bond acceptors (Lipinski definition) is 5. The molecule has 1 aromatic heterocycles. The quantitative estimate of drug-likeness (QED) is 0.524. The number of nitrogens with two attached hydrogens (primary N) is 1. The fraction of sp³-hybridized carbons (Fsp3) is 0.600. The fourth-order valence-corrected chi connectivity index (χ4v) is 2.37. The van der Waals surface area contributed by atoms with Crippen LogP contribution in [-0.4, -0.2) is 41.0 Å². The van der Waals surface area contributed by atoms with E-state index in [9.17, 15) is 4.79 Å². The number of pyridine rings is 1. The zero-order valence-electron chi connectivity index (χ0n) is 13.6. The molecule has 1 aromatic rings. The van der Waals surface area contributed by atoms with Crippen LogP contribution in [0.3, 0.4) is 0 Å². The van der Waals surface area contributed by atoms with E-state index >= 15 is 0 Å². The number of hydrazine groups is 1. The van der Waals surface area contributed by atoms with Gasteiger partial charge in [0.05, 0.1) is 11.3 Å². The molecule has 0 bridgehead atoms. The number of nitrogens with one attached hydrogen (secondary N) is 2. The molecule has 1 amide bonds. The third-order valence-corrected chi connectivity index (χ3v) is 3.42. The predicted molar refractivity (Wildman–Crippen MR) is 86.1 cm³/mol. The zero-order chi connectivity index (χ0) is 16.0. The predicted octanol–water partition coefficient (Wildman–Crippen LogP) is 1.52. The third-order valence-electron chi connectivity index (χ3n) is 3.42. The number of nitrogens with zero attached hydrogens (tertiary/aromatic N) is 2. The summed E-state index contributed by atoms with van der Waals surface area (Å²) in [6.45, 7) is 11.9. The van der Waals surface area contributed by atoms with Gasteiger partial charge < -0.3 is 10.7 Å². The molecular formula is C15H27N5O. The van der Waals surface area contributed by atoms with Crippen LogP contribution in [0.2, 0.25) is 0 Å². The number of aromatic nitrogens is 1. The molecule has 0 saturated carbocycles. The Morgan fingerprint density at radius 2 is 1.95 bits per heavy atom. The molecule has 1 rings (SSSR count). The summed E-state index contributed by atoms with van der Waals surface area (Å²) in [4.78, 5) is 18.7. The Bertz CT molecular complexity index is 465. The van der Waals surface area contributed by atoms with Crippen molar-refractivity contribution in [1.82, 2.24) is 15.2 Å². The first-order valence-electron chi connectivity index (χ1n) is 7.34. The lowest BCUT2D eigenvalue weighted by molar-refractivity contribution is 0.0940. The first-order valence-corrected chi connectivity index (χ1v) is 7.34. The van der Waals surface area contributed by atoms with Crippen LogP contribution < -0.4 is 16.6 Å². The number of nitrogen functional groups attached to an aromatic ring is 1. The lowest BCUT2D eigenvalue weighted by atomic mass is 10.2. The summed E-state index contributed by atoms with van der Waals surface area (Å²) >= 11 is 0. The van der Waals surface area contributed by atoms with E-state index in [0.29, 0.717) is 29.9 Å². The molecule has 6 heteroatoms. The molecule has 0 saturated heterocycles. The normalized spacial score (nSPS) is 11.3. The SMILES string of the molecule is Cc1cc(NN)c(C(=O)NCCN(C(C)C)C(C)C)cn1. The van der Waals surface area contributed by atoms with Crippen molar-refractivity contribution >= 4 is 11.6 Å². The summed E-state index contributed by atoms with van der Waals surface area (Å²) in [5.74, 6) is 5.28. The Labute approximate surface area is 127 Å². The summed E-state index contributed by atoms with van der Waals surface area (Å²) in [6.07, 6.45) is 1.54. The van der Waals surface area contributed by atoms with Crippen LogP contribution in [0.15, 0.2) is 12.3 Å². The van der Waals surface area contributed by atoms with Gasteiger partial charge in [-0.05, 0) is 40.7 Å². The van der Waals surface area contributed by atoms with E-state index in [1.807, 2.05) is 6.92 Å². The lowest BCUT2D eigenvalue weighted by Crippen LogP contribution is -2.42.